The number of ether oxygens (including phenoxy) is 2. The van der Waals surface area contributed by atoms with Crippen LogP contribution < -0.4 is 4.74 Å². The van der Waals surface area contributed by atoms with Crippen molar-refractivity contribution in [3.63, 3.8) is 0 Å². The summed E-state index contributed by atoms with van der Waals surface area (Å²) in [5, 5.41) is 0. The Balaban J connectivity index is 1.81. The molecule has 2 rings (SSSR count). The fourth-order valence-electron chi connectivity index (χ4n) is 1.62. The highest BCUT2D eigenvalue weighted by Crippen LogP contribution is 2.37. The predicted molar refractivity (Wildman–Crippen MR) is 60.5 cm³/mol. The van der Waals surface area contributed by atoms with Gasteiger partial charge in [-0.05, 0) is 24.1 Å². The first-order chi connectivity index (χ1) is 8.24. The van der Waals surface area contributed by atoms with Crippen LogP contribution in [-0.4, -0.2) is 19.4 Å². The minimum Gasteiger partial charge on any atom is -0.497 e. The first-order valence-electron chi connectivity index (χ1n) is 5.49. The summed E-state index contributed by atoms with van der Waals surface area (Å²) in [6.45, 7) is 0.241. The second-order valence-corrected chi connectivity index (χ2v) is 4.10. The largest absolute Gasteiger partial charge is 0.497 e. The predicted octanol–water partition coefficient (Wildman–Crippen LogP) is 1.57. The minimum absolute atomic E-state index is 0.127. The smallest absolute Gasteiger partial charge is 0.310 e. The van der Waals surface area contributed by atoms with Crippen LogP contribution in [0, 0.1) is 11.8 Å². The van der Waals surface area contributed by atoms with Gasteiger partial charge in [0.1, 0.15) is 18.6 Å². The van der Waals surface area contributed by atoms with E-state index in [1.807, 2.05) is 24.3 Å². The highest BCUT2D eigenvalue weighted by Gasteiger charge is 2.44. The molecule has 1 aliphatic carbocycles. The van der Waals surface area contributed by atoms with Gasteiger partial charge in [0.2, 0.25) is 0 Å². The molecule has 0 aromatic heterocycles. The second kappa shape index (κ2) is 4.99. The maximum Gasteiger partial charge on any atom is 0.310 e. The van der Waals surface area contributed by atoms with Gasteiger partial charge in [0.15, 0.2) is 0 Å². The molecule has 0 N–H and O–H groups in total. The molecule has 0 heterocycles. The molecule has 0 aliphatic heterocycles. The van der Waals surface area contributed by atoms with Gasteiger partial charge in [0.05, 0.1) is 13.0 Å². The van der Waals surface area contributed by atoms with Crippen LogP contribution in [0.15, 0.2) is 24.3 Å². The van der Waals surface area contributed by atoms with Gasteiger partial charge in [-0.25, -0.2) is 0 Å². The van der Waals surface area contributed by atoms with E-state index in [1.165, 1.54) is 0 Å². The monoisotopic (exact) mass is 234 g/mol. The third-order valence-corrected chi connectivity index (χ3v) is 2.86. The molecule has 0 radical (unpaired) electrons. The zero-order chi connectivity index (χ0) is 12.3. The van der Waals surface area contributed by atoms with Crippen LogP contribution >= 0.6 is 0 Å². The van der Waals surface area contributed by atoms with Crippen molar-refractivity contribution >= 4 is 12.3 Å². The Hall–Kier alpha value is -1.84. The molecule has 4 heteroatoms. The molecule has 0 amide bonds. The number of hydrogen-bond donors (Lipinski definition) is 0. The molecule has 90 valence electrons. The van der Waals surface area contributed by atoms with E-state index < -0.39 is 0 Å². The van der Waals surface area contributed by atoms with Crippen molar-refractivity contribution in [1.82, 2.24) is 0 Å². The van der Waals surface area contributed by atoms with Gasteiger partial charge in [-0.15, -0.1) is 0 Å². The lowest BCUT2D eigenvalue weighted by Crippen LogP contribution is -2.08. The summed E-state index contributed by atoms with van der Waals surface area (Å²) in [6, 6.07) is 7.31. The third-order valence-electron chi connectivity index (χ3n) is 2.86. The molecule has 0 unspecified atom stereocenters. The highest BCUT2D eigenvalue weighted by molar-refractivity contribution is 5.81. The molecular formula is C13H14O4. The summed E-state index contributed by atoms with van der Waals surface area (Å²) in [5.41, 5.74) is 0.905. The van der Waals surface area contributed by atoms with Gasteiger partial charge in [0.25, 0.3) is 0 Å². The van der Waals surface area contributed by atoms with Crippen LogP contribution in [0.4, 0.5) is 0 Å². The molecule has 1 aliphatic rings. The normalized spacial score (nSPS) is 21.7. The highest BCUT2D eigenvalue weighted by atomic mass is 16.5. The lowest BCUT2D eigenvalue weighted by molar-refractivity contribution is -0.147. The van der Waals surface area contributed by atoms with E-state index in [1.54, 1.807) is 7.11 Å². The van der Waals surface area contributed by atoms with Gasteiger partial charge in [-0.3, -0.25) is 4.79 Å². The van der Waals surface area contributed by atoms with Crippen molar-refractivity contribution in [2.75, 3.05) is 7.11 Å². The number of carbonyl (C=O) groups excluding carboxylic acids is 2. The standard InChI is InChI=1S/C13H14O4/c1-16-11-4-2-9(3-5-11)8-17-13(15)12-6-10(12)7-14/h2-5,7,10,12H,6,8H2,1H3/t10-,12-/m1/s1. The topological polar surface area (TPSA) is 52.6 Å². The quantitative estimate of drug-likeness (QED) is 0.573. The molecule has 1 aromatic carbocycles. The first kappa shape index (κ1) is 11.6. The van der Waals surface area contributed by atoms with Crippen molar-refractivity contribution < 1.29 is 19.1 Å². The molecule has 1 saturated carbocycles. The van der Waals surface area contributed by atoms with E-state index in [4.69, 9.17) is 9.47 Å². The molecule has 4 nitrogen and oxygen atoms in total. The van der Waals surface area contributed by atoms with Crippen LogP contribution in [0.1, 0.15) is 12.0 Å². The van der Waals surface area contributed by atoms with Gasteiger partial charge in [-0.2, -0.15) is 0 Å². The van der Waals surface area contributed by atoms with Crippen molar-refractivity contribution in [1.29, 1.82) is 0 Å². The van der Waals surface area contributed by atoms with E-state index in [-0.39, 0.29) is 24.4 Å². The van der Waals surface area contributed by atoms with Gasteiger partial charge in [0, 0.05) is 5.92 Å². The Bertz CT molecular complexity index is 410. The van der Waals surface area contributed by atoms with E-state index in [0.717, 1.165) is 17.6 Å². The molecule has 0 bridgehead atoms. The summed E-state index contributed by atoms with van der Waals surface area (Å²) < 4.78 is 10.1. The summed E-state index contributed by atoms with van der Waals surface area (Å²) in [4.78, 5) is 21.9. The summed E-state index contributed by atoms with van der Waals surface area (Å²) in [6.07, 6.45) is 1.45. The summed E-state index contributed by atoms with van der Waals surface area (Å²) in [7, 11) is 1.60. The Labute approximate surface area is 99.5 Å². The van der Waals surface area contributed by atoms with Crippen LogP contribution in [0.5, 0.6) is 5.75 Å². The average Bonchev–Trinajstić information content (AvgIpc) is 3.16. The second-order valence-electron chi connectivity index (χ2n) is 4.10. The minimum atomic E-state index is -0.280. The van der Waals surface area contributed by atoms with Gasteiger partial charge >= 0.3 is 5.97 Å². The molecule has 1 aromatic rings. The Morgan fingerprint density at radius 3 is 2.65 bits per heavy atom. The maximum absolute atomic E-state index is 11.5. The van der Waals surface area contributed by atoms with E-state index >= 15 is 0 Å². The number of benzene rings is 1. The lowest BCUT2D eigenvalue weighted by Gasteiger charge is -2.05. The number of aldehydes is 1. The molecule has 1 fully saturated rings. The van der Waals surface area contributed by atoms with Crippen LogP contribution in [0.2, 0.25) is 0 Å². The SMILES string of the molecule is COc1ccc(COC(=O)[C@@H]2C[C@@H]2C=O)cc1. The fraction of sp³-hybridized carbons (Fsp3) is 0.385. The zero-order valence-electron chi connectivity index (χ0n) is 9.59. The van der Waals surface area contributed by atoms with Gasteiger partial charge < -0.3 is 14.3 Å². The summed E-state index contributed by atoms with van der Waals surface area (Å²) >= 11 is 0. The summed E-state index contributed by atoms with van der Waals surface area (Å²) in [5.74, 6) is 0.144. The Morgan fingerprint density at radius 2 is 2.12 bits per heavy atom. The number of esters is 1. The molecular weight excluding hydrogens is 220 g/mol. The molecule has 2 atom stereocenters. The van der Waals surface area contributed by atoms with E-state index in [2.05, 4.69) is 0 Å². The van der Waals surface area contributed by atoms with Crippen molar-refractivity contribution in [3.05, 3.63) is 29.8 Å². The molecule has 0 spiro atoms. The van der Waals surface area contributed by atoms with E-state index in [9.17, 15) is 9.59 Å². The molecule has 17 heavy (non-hydrogen) atoms. The van der Waals surface area contributed by atoms with Crippen LogP contribution in [0.25, 0.3) is 0 Å². The van der Waals surface area contributed by atoms with E-state index in [0.29, 0.717) is 6.42 Å². The fourth-order valence-corrected chi connectivity index (χ4v) is 1.62. The van der Waals surface area contributed by atoms with Crippen LogP contribution in [0.3, 0.4) is 0 Å². The Kier molecular flexibility index (Phi) is 3.42. The van der Waals surface area contributed by atoms with Gasteiger partial charge in [-0.1, -0.05) is 12.1 Å². The Morgan fingerprint density at radius 1 is 1.41 bits per heavy atom. The zero-order valence-corrected chi connectivity index (χ0v) is 9.59. The number of hydrogen-bond acceptors (Lipinski definition) is 4. The molecule has 0 saturated heterocycles. The number of rotatable bonds is 5. The maximum atomic E-state index is 11.5. The average molecular weight is 234 g/mol. The van der Waals surface area contributed by atoms with Crippen molar-refractivity contribution in [3.8, 4) is 5.75 Å². The lowest BCUT2D eigenvalue weighted by atomic mass is 10.2. The first-order valence-corrected chi connectivity index (χ1v) is 5.49. The van der Waals surface area contributed by atoms with Crippen LogP contribution in [-0.2, 0) is 20.9 Å². The number of methoxy groups -OCH3 is 1. The third kappa shape index (κ3) is 2.84. The van der Waals surface area contributed by atoms with Crippen molar-refractivity contribution in [2.45, 2.75) is 13.0 Å². The number of carbonyl (C=O) groups is 2. The van der Waals surface area contributed by atoms with Crippen molar-refractivity contribution in [2.24, 2.45) is 11.8 Å².